The molecule has 0 radical (unpaired) electrons. The zero-order valence-electron chi connectivity index (χ0n) is 14.2. The summed E-state index contributed by atoms with van der Waals surface area (Å²) < 4.78 is 10.3. The van der Waals surface area contributed by atoms with Crippen molar-refractivity contribution in [3.8, 4) is 0 Å². The summed E-state index contributed by atoms with van der Waals surface area (Å²) in [5.74, 6) is 1.37. The van der Waals surface area contributed by atoms with Crippen molar-refractivity contribution in [2.75, 3.05) is 39.9 Å². The third-order valence-corrected chi connectivity index (χ3v) is 5.18. The van der Waals surface area contributed by atoms with Crippen LogP contribution in [0.5, 0.6) is 0 Å². The third-order valence-electron chi connectivity index (χ3n) is 5.18. The van der Waals surface area contributed by atoms with Crippen molar-refractivity contribution in [3.05, 3.63) is 11.7 Å². The van der Waals surface area contributed by atoms with Crippen LogP contribution in [0.15, 0.2) is 4.52 Å². The molecule has 2 aliphatic heterocycles. The Morgan fingerprint density at radius 2 is 2.12 bits per heavy atom. The number of amides is 1. The van der Waals surface area contributed by atoms with Gasteiger partial charge in [-0.05, 0) is 37.8 Å². The molecular formula is C16H26N4O4. The fourth-order valence-electron chi connectivity index (χ4n) is 3.75. The molecule has 2 aliphatic rings. The van der Waals surface area contributed by atoms with Gasteiger partial charge < -0.3 is 19.3 Å². The minimum absolute atomic E-state index is 0.0366. The molecule has 0 saturated carbocycles. The van der Waals surface area contributed by atoms with Crippen LogP contribution < -0.4 is 0 Å². The Morgan fingerprint density at radius 1 is 1.33 bits per heavy atom. The van der Waals surface area contributed by atoms with E-state index in [9.17, 15) is 4.79 Å². The maximum atomic E-state index is 11.9. The van der Waals surface area contributed by atoms with Crippen molar-refractivity contribution in [3.63, 3.8) is 0 Å². The monoisotopic (exact) mass is 338 g/mol. The molecule has 2 saturated heterocycles. The van der Waals surface area contributed by atoms with E-state index in [1.165, 1.54) is 0 Å². The summed E-state index contributed by atoms with van der Waals surface area (Å²) >= 11 is 0. The van der Waals surface area contributed by atoms with Crippen molar-refractivity contribution in [1.82, 2.24) is 19.9 Å². The van der Waals surface area contributed by atoms with E-state index < -0.39 is 0 Å². The first kappa shape index (κ1) is 17.3. The van der Waals surface area contributed by atoms with Gasteiger partial charge in [0.25, 0.3) is 0 Å². The molecule has 0 aliphatic carbocycles. The lowest BCUT2D eigenvalue weighted by Gasteiger charge is -2.47. The van der Waals surface area contributed by atoms with Crippen LogP contribution in [0.3, 0.4) is 0 Å². The lowest BCUT2D eigenvalue weighted by Crippen LogP contribution is -2.51. The number of hydrogen-bond donors (Lipinski definition) is 1. The summed E-state index contributed by atoms with van der Waals surface area (Å²) in [6.07, 6.45) is 3.67. The molecule has 2 fully saturated rings. The summed E-state index contributed by atoms with van der Waals surface area (Å²) in [6.45, 7) is 4.21. The third kappa shape index (κ3) is 3.93. The highest BCUT2D eigenvalue weighted by Gasteiger charge is 2.40. The van der Waals surface area contributed by atoms with Crippen LogP contribution in [0.2, 0.25) is 0 Å². The van der Waals surface area contributed by atoms with E-state index in [4.69, 9.17) is 14.4 Å². The standard InChI is InChI=1S/C16H26N4O4/c1-23-11-13-17-14(24-18-13)10-19-6-4-16(5-7-19)3-2-15(22)20(12-16)8-9-21/h21H,2-12H2,1H3. The first-order chi connectivity index (χ1) is 11.6. The van der Waals surface area contributed by atoms with E-state index in [0.717, 1.165) is 38.9 Å². The van der Waals surface area contributed by atoms with Crippen LogP contribution in [0.25, 0.3) is 0 Å². The van der Waals surface area contributed by atoms with Crippen molar-refractivity contribution >= 4 is 5.91 Å². The Kier molecular flexibility index (Phi) is 5.47. The van der Waals surface area contributed by atoms with E-state index in [1.54, 1.807) is 7.11 Å². The molecule has 1 spiro atoms. The average Bonchev–Trinajstić information content (AvgIpc) is 3.01. The van der Waals surface area contributed by atoms with Gasteiger partial charge >= 0.3 is 0 Å². The summed E-state index contributed by atoms with van der Waals surface area (Å²) in [4.78, 5) is 20.4. The Balaban J connectivity index is 1.52. The quantitative estimate of drug-likeness (QED) is 0.803. The van der Waals surface area contributed by atoms with Gasteiger partial charge in [-0.1, -0.05) is 5.16 Å². The highest BCUT2D eigenvalue weighted by Crippen LogP contribution is 2.40. The van der Waals surface area contributed by atoms with Gasteiger partial charge in [0, 0.05) is 26.6 Å². The van der Waals surface area contributed by atoms with Gasteiger partial charge in [0.1, 0.15) is 6.61 Å². The number of aromatic nitrogens is 2. The molecule has 24 heavy (non-hydrogen) atoms. The Hall–Kier alpha value is -1.51. The van der Waals surface area contributed by atoms with E-state index in [1.807, 2.05) is 4.90 Å². The average molecular weight is 338 g/mol. The zero-order chi connectivity index (χ0) is 17.0. The molecule has 3 rings (SSSR count). The first-order valence-electron chi connectivity index (χ1n) is 8.55. The number of likely N-dealkylation sites (tertiary alicyclic amines) is 2. The van der Waals surface area contributed by atoms with Gasteiger partial charge in [0.2, 0.25) is 11.8 Å². The van der Waals surface area contributed by atoms with Crippen molar-refractivity contribution in [2.24, 2.45) is 5.41 Å². The van der Waals surface area contributed by atoms with Crippen LogP contribution in [0, 0.1) is 5.41 Å². The minimum Gasteiger partial charge on any atom is -0.395 e. The van der Waals surface area contributed by atoms with Gasteiger partial charge in [0.05, 0.1) is 13.2 Å². The molecule has 3 heterocycles. The van der Waals surface area contributed by atoms with Gasteiger partial charge in [-0.25, -0.2) is 0 Å². The SMILES string of the molecule is COCc1noc(CN2CCC3(CCC(=O)N(CCO)C3)CC2)n1. The fourth-order valence-corrected chi connectivity index (χ4v) is 3.75. The number of aliphatic hydroxyl groups excluding tert-OH is 1. The summed E-state index contributed by atoms with van der Waals surface area (Å²) in [5, 5.41) is 13.0. The summed E-state index contributed by atoms with van der Waals surface area (Å²) in [7, 11) is 1.61. The molecule has 134 valence electrons. The summed E-state index contributed by atoms with van der Waals surface area (Å²) in [6, 6.07) is 0. The highest BCUT2D eigenvalue weighted by molar-refractivity contribution is 5.77. The lowest BCUT2D eigenvalue weighted by atomic mass is 9.72. The number of carbonyl (C=O) groups excluding carboxylic acids is 1. The van der Waals surface area contributed by atoms with Gasteiger partial charge in [-0.3, -0.25) is 9.69 Å². The predicted molar refractivity (Wildman–Crippen MR) is 84.9 cm³/mol. The number of methoxy groups -OCH3 is 1. The Morgan fingerprint density at radius 3 is 2.83 bits per heavy atom. The number of ether oxygens (including phenoxy) is 1. The molecular weight excluding hydrogens is 312 g/mol. The molecule has 1 aromatic rings. The molecule has 0 bridgehead atoms. The van der Waals surface area contributed by atoms with E-state index in [2.05, 4.69) is 15.0 Å². The second-order valence-electron chi connectivity index (χ2n) is 6.85. The molecule has 0 unspecified atom stereocenters. The second kappa shape index (κ2) is 7.58. The molecule has 1 N–H and O–H groups in total. The number of carbonyl (C=O) groups is 1. The Labute approximate surface area is 141 Å². The number of nitrogens with zero attached hydrogens (tertiary/aromatic N) is 4. The van der Waals surface area contributed by atoms with Gasteiger partial charge in [-0.15, -0.1) is 0 Å². The minimum atomic E-state index is 0.0366. The number of hydrogen-bond acceptors (Lipinski definition) is 7. The van der Waals surface area contributed by atoms with Crippen molar-refractivity contribution < 1.29 is 19.2 Å². The highest BCUT2D eigenvalue weighted by atomic mass is 16.5. The van der Waals surface area contributed by atoms with E-state index in [-0.39, 0.29) is 17.9 Å². The lowest BCUT2D eigenvalue weighted by molar-refractivity contribution is -0.139. The van der Waals surface area contributed by atoms with E-state index >= 15 is 0 Å². The molecule has 8 heteroatoms. The number of rotatable bonds is 6. The fraction of sp³-hybridized carbons (Fsp3) is 0.812. The predicted octanol–water partition coefficient (Wildman–Crippen LogP) is 0.413. The Bertz CT molecular complexity index is 554. The largest absolute Gasteiger partial charge is 0.395 e. The normalized spacial score (nSPS) is 21.6. The second-order valence-corrected chi connectivity index (χ2v) is 6.85. The molecule has 0 atom stereocenters. The zero-order valence-corrected chi connectivity index (χ0v) is 14.2. The van der Waals surface area contributed by atoms with Crippen LogP contribution in [0.4, 0.5) is 0 Å². The first-order valence-corrected chi connectivity index (χ1v) is 8.55. The number of piperidine rings is 2. The van der Waals surface area contributed by atoms with Crippen LogP contribution in [-0.2, 0) is 22.7 Å². The van der Waals surface area contributed by atoms with Crippen molar-refractivity contribution in [1.29, 1.82) is 0 Å². The molecule has 8 nitrogen and oxygen atoms in total. The molecule has 0 aromatic carbocycles. The number of β-amino-alcohol motifs (C(OH)–C–C–N with tert-alkyl or cyclic N) is 1. The van der Waals surface area contributed by atoms with Crippen LogP contribution >= 0.6 is 0 Å². The number of aliphatic hydroxyl groups is 1. The van der Waals surface area contributed by atoms with Crippen molar-refractivity contribution in [2.45, 2.75) is 38.8 Å². The summed E-state index contributed by atoms with van der Waals surface area (Å²) in [5.41, 5.74) is 0.204. The van der Waals surface area contributed by atoms with E-state index in [0.29, 0.717) is 37.8 Å². The maximum Gasteiger partial charge on any atom is 0.240 e. The van der Waals surface area contributed by atoms with Crippen LogP contribution in [-0.4, -0.2) is 70.8 Å². The molecule has 1 amide bonds. The van der Waals surface area contributed by atoms with Gasteiger partial charge in [0.15, 0.2) is 5.82 Å². The topological polar surface area (TPSA) is 91.9 Å². The molecule has 1 aromatic heterocycles. The smallest absolute Gasteiger partial charge is 0.240 e. The van der Waals surface area contributed by atoms with Gasteiger partial charge in [-0.2, -0.15) is 4.98 Å². The van der Waals surface area contributed by atoms with Crippen LogP contribution in [0.1, 0.15) is 37.4 Å². The maximum absolute atomic E-state index is 11.9.